The molecule has 4 rings (SSSR count). The first-order valence-electron chi connectivity index (χ1n) is 10.4. The third kappa shape index (κ3) is 4.42. The summed E-state index contributed by atoms with van der Waals surface area (Å²) in [6.45, 7) is 3.47. The van der Waals surface area contributed by atoms with Crippen molar-refractivity contribution < 1.29 is 18.7 Å². The zero-order valence-corrected chi connectivity index (χ0v) is 18.5. The summed E-state index contributed by atoms with van der Waals surface area (Å²) < 4.78 is 20.3. The lowest BCUT2D eigenvalue weighted by atomic mass is 9.95. The number of rotatable bonds is 6. The number of thiophene rings is 1. The van der Waals surface area contributed by atoms with Crippen LogP contribution in [-0.2, 0) is 4.79 Å². The molecule has 2 heterocycles. The Morgan fingerprint density at radius 2 is 1.94 bits per heavy atom. The minimum atomic E-state index is -0.417. The Kier molecular flexibility index (Phi) is 6.23. The smallest absolute Gasteiger partial charge is 0.264 e. The summed E-state index contributed by atoms with van der Waals surface area (Å²) in [6, 6.07) is 14.3. The predicted octanol–water partition coefficient (Wildman–Crippen LogP) is 4.53. The molecule has 2 aromatic carbocycles. The number of halogens is 1. The van der Waals surface area contributed by atoms with E-state index in [1.807, 2.05) is 23.1 Å². The van der Waals surface area contributed by atoms with Crippen LogP contribution in [0, 0.1) is 5.82 Å². The van der Waals surface area contributed by atoms with Gasteiger partial charge in [0.15, 0.2) is 11.6 Å². The fourth-order valence-electron chi connectivity index (χ4n) is 4.04. The van der Waals surface area contributed by atoms with Crippen LogP contribution < -0.4 is 4.74 Å². The number of ether oxygens (including phenoxy) is 1. The number of hydrogen-bond donors (Lipinski definition) is 0. The molecular weight excluding hydrogens is 415 g/mol. The van der Waals surface area contributed by atoms with Crippen molar-refractivity contribution in [1.82, 2.24) is 9.80 Å². The van der Waals surface area contributed by atoms with E-state index in [4.69, 9.17) is 4.74 Å². The van der Waals surface area contributed by atoms with Gasteiger partial charge in [-0.2, -0.15) is 0 Å². The quantitative estimate of drug-likeness (QED) is 0.566. The molecule has 1 fully saturated rings. The van der Waals surface area contributed by atoms with Gasteiger partial charge >= 0.3 is 0 Å². The van der Waals surface area contributed by atoms with E-state index in [0.717, 1.165) is 22.1 Å². The molecule has 1 aliphatic rings. The first-order chi connectivity index (χ1) is 15.0. The van der Waals surface area contributed by atoms with Crippen molar-refractivity contribution in [3.8, 4) is 5.75 Å². The zero-order valence-electron chi connectivity index (χ0n) is 17.6. The van der Waals surface area contributed by atoms with E-state index in [1.54, 1.807) is 37.1 Å². The lowest BCUT2D eigenvalue weighted by Gasteiger charge is -2.19. The van der Waals surface area contributed by atoms with Gasteiger partial charge in [-0.1, -0.05) is 30.3 Å². The van der Waals surface area contributed by atoms with Gasteiger partial charge in [-0.05, 0) is 35.6 Å². The highest BCUT2D eigenvalue weighted by Gasteiger charge is 2.32. The molecule has 1 saturated heterocycles. The Hall–Kier alpha value is -2.93. The standard InChI is InChI=1S/C24H25FN2O3S/c1-16(28)27-12-11-17(15-27)22-18-7-3-6-10-21(18)31-23(22)24(29)26(2)13-14-30-20-9-5-4-8-19(20)25/h3-10,17H,11-15H2,1-2H3/t17-/m0/s1. The number of nitrogens with zero attached hydrogens (tertiary/aromatic N) is 2. The van der Waals surface area contributed by atoms with E-state index >= 15 is 0 Å². The maximum atomic E-state index is 13.7. The molecule has 0 radical (unpaired) electrons. The van der Waals surface area contributed by atoms with Crippen LogP contribution in [0.15, 0.2) is 48.5 Å². The van der Waals surface area contributed by atoms with E-state index in [9.17, 15) is 14.0 Å². The average molecular weight is 441 g/mol. The summed E-state index contributed by atoms with van der Waals surface area (Å²) in [5.74, 6) is -0.102. The second-order valence-electron chi connectivity index (χ2n) is 7.80. The van der Waals surface area contributed by atoms with Crippen LogP contribution in [-0.4, -0.2) is 54.9 Å². The van der Waals surface area contributed by atoms with Crippen molar-refractivity contribution in [1.29, 1.82) is 0 Å². The van der Waals surface area contributed by atoms with Crippen LogP contribution in [0.2, 0.25) is 0 Å². The summed E-state index contributed by atoms with van der Waals surface area (Å²) in [6.07, 6.45) is 0.848. The zero-order chi connectivity index (χ0) is 22.0. The highest BCUT2D eigenvalue weighted by Crippen LogP contribution is 2.40. The number of fused-ring (bicyclic) bond motifs is 1. The monoisotopic (exact) mass is 440 g/mol. The molecule has 2 amide bonds. The molecule has 0 bridgehead atoms. The summed E-state index contributed by atoms with van der Waals surface area (Å²) in [5.41, 5.74) is 1.04. The third-order valence-electron chi connectivity index (χ3n) is 5.74. The predicted molar refractivity (Wildman–Crippen MR) is 120 cm³/mol. The van der Waals surface area contributed by atoms with E-state index in [1.165, 1.54) is 17.4 Å². The van der Waals surface area contributed by atoms with E-state index in [2.05, 4.69) is 6.07 Å². The van der Waals surface area contributed by atoms with Gasteiger partial charge in [0.05, 0.1) is 11.4 Å². The first-order valence-corrected chi connectivity index (χ1v) is 11.2. The molecule has 162 valence electrons. The van der Waals surface area contributed by atoms with Gasteiger partial charge in [0.2, 0.25) is 5.91 Å². The minimum Gasteiger partial charge on any atom is -0.489 e. The van der Waals surface area contributed by atoms with Crippen LogP contribution >= 0.6 is 11.3 Å². The topological polar surface area (TPSA) is 49.9 Å². The van der Waals surface area contributed by atoms with Crippen LogP contribution in [0.3, 0.4) is 0 Å². The maximum Gasteiger partial charge on any atom is 0.264 e. The SMILES string of the molecule is CC(=O)N1CC[C@H](c2c(C(=O)N(C)CCOc3ccccc3F)sc3ccccc23)C1. The average Bonchev–Trinajstić information content (AvgIpc) is 3.39. The van der Waals surface area contributed by atoms with Crippen molar-refractivity contribution >= 4 is 33.2 Å². The van der Waals surface area contributed by atoms with Gasteiger partial charge < -0.3 is 14.5 Å². The fraction of sp³-hybridized carbons (Fsp3) is 0.333. The maximum absolute atomic E-state index is 13.7. The molecular formula is C24H25FN2O3S. The molecule has 0 unspecified atom stereocenters. The summed E-state index contributed by atoms with van der Waals surface area (Å²) in [7, 11) is 1.73. The van der Waals surface area contributed by atoms with Crippen LogP contribution in [0.4, 0.5) is 4.39 Å². The Morgan fingerprint density at radius 1 is 1.19 bits per heavy atom. The van der Waals surface area contributed by atoms with E-state index < -0.39 is 5.82 Å². The summed E-state index contributed by atoms with van der Waals surface area (Å²) in [4.78, 5) is 29.3. The fourth-order valence-corrected chi connectivity index (χ4v) is 5.32. The number of carbonyl (C=O) groups excluding carboxylic acids is 2. The molecule has 1 aromatic heterocycles. The van der Waals surface area contributed by atoms with Crippen LogP contribution in [0.1, 0.15) is 34.5 Å². The second-order valence-corrected chi connectivity index (χ2v) is 8.85. The molecule has 31 heavy (non-hydrogen) atoms. The van der Waals surface area contributed by atoms with Crippen LogP contribution in [0.25, 0.3) is 10.1 Å². The van der Waals surface area contributed by atoms with Crippen molar-refractivity contribution in [3.63, 3.8) is 0 Å². The number of likely N-dealkylation sites (N-methyl/N-ethyl adjacent to an activating group) is 1. The Balaban J connectivity index is 1.53. The summed E-state index contributed by atoms with van der Waals surface area (Å²) in [5, 5.41) is 1.09. The number of hydrogen-bond acceptors (Lipinski definition) is 4. The molecule has 1 aliphatic heterocycles. The lowest BCUT2D eigenvalue weighted by molar-refractivity contribution is -0.127. The van der Waals surface area contributed by atoms with Crippen molar-refractivity contribution in [2.75, 3.05) is 33.3 Å². The first kappa shape index (κ1) is 21.3. The molecule has 5 nitrogen and oxygen atoms in total. The number of benzene rings is 2. The molecule has 0 saturated carbocycles. The molecule has 0 N–H and O–H groups in total. The third-order valence-corrected chi connectivity index (χ3v) is 6.91. The van der Waals surface area contributed by atoms with Crippen LogP contribution in [0.5, 0.6) is 5.75 Å². The number of likely N-dealkylation sites (tertiary alicyclic amines) is 1. The summed E-state index contributed by atoms with van der Waals surface area (Å²) >= 11 is 1.49. The minimum absolute atomic E-state index is 0.0670. The number of amides is 2. The highest BCUT2D eigenvalue weighted by atomic mass is 32.1. The molecule has 0 aliphatic carbocycles. The van der Waals surface area contributed by atoms with Gasteiger partial charge in [0.1, 0.15) is 6.61 Å². The molecule has 7 heteroatoms. The number of carbonyl (C=O) groups is 2. The van der Waals surface area contributed by atoms with Gasteiger partial charge in [-0.15, -0.1) is 11.3 Å². The Bertz CT molecular complexity index is 1110. The van der Waals surface area contributed by atoms with Crippen molar-refractivity contribution in [2.45, 2.75) is 19.3 Å². The molecule has 1 atom stereocenters. The Morgan fingerprint density at radius 3 is 2.68 bits per heavy atom. The molecule has 0 spiro atoms. The van der Waals surface area contributed by atoms with Gasteiger partial charge in [0, 0.05) is 37.7 Å². The van der Waals surface area contributed by atoms with Gasteiger partial charge in [-0.25, -0.2) is 4.39 Å². The normalized spacial score (nSPS) is 16.0. The molecule has 3 aromatic rings. The second kappa shape index (κ2) is 9.06. The Labute approximate surface area is 185 Å². The van der Waals surface area contributed by atoms with Crippen molar-refractivity contribution in [3.05, 3.63) is 64.8 Å². The van der Waals surface area contributed by atoms with Gasteiger partial charge in [0.25, 0.3) is 5.91 Å². The van der Waals surface area contributed by atoms with E-state index in [-0.39, 0.29) is 30.1 Å². The number of para-hydroxylation sites is 1. The lowest BCUT2D eigenvalue weighted by Crippen LogP contribution is -2.31. The van der Waals surface area contributed by atoms with Gasteiger partial charge in [-0.3, -0.25) is 9.59 Å². The highest BCUT2D eigenvalue weighted by molar-refractivity contribution is 7.21. The van der Waals surface area contributed by atoms with Crippen molar-refractivity contribution in [2.24, 2.45) is 0 Å². The largest absolute Gasteiger partial charge is 0.489 e. The van der Waals surface area contributed by atoms with E-state index in [0.29, 0.717) is 24.5 Å².